The van der Waals surface area contributed by atoms with Crippen LogP contribution in [-0.4, -0.2) is 15.5 Å². The number of carbonyl (C=O) groups is 1. The Morgan fingerprint density at radius 2 is 1.89 bits per heavy atom. The molecule has 0 bridgehead atoms. The van der Waals surface area contributed by atoms with E-state index in [9.17, 15) is 14.4 Å². The van der Waals surface area contributed by atoms with E-state index in [1.807, 2.05) is 0 Å². The van der Waals surface area contributed by atoms with E-state index in [4.69, 9.17) is 11.6 Å². The van der Waals surface area contributed by atoms with Crippen LogP contribution in [0.2, 0.25) is 5.02 Å². The molecule has 2 aromatic rings. The first-order valence-corrected chi connectivity index (χ1v) is 5.72. The molecule has 1 heterocycles. The monoisotopic (exact) mass is 279 g/mol. The lowest BCUT2D eigenvalue weighted by Crippen LogP contribution is -2.34. The maximum absolute atomic E-state index is 11.9. The number of H-pyrrole nitrogens is 1. The average Bonchev–Trinajstić information content (AvgIpc) is 2.38. The predicted octanol–water partition coefficient (Wildman–Crippen LogP) is 0.979. The van der Waals surface area contributed by atoms with Gasteiger partial charge < -0.3 is 10.3 Å². The Morgan fingerprint density at radius 1 is 1.26 bits per heavy atom. The molecular weight excluding hydrogens is 270 g/mol. The molecule has 7 heteroatoms. The standard InChI is InChI=1S/C12H10ClN3O3/c1-16-10(17)6-9(15-12(16)19)11(18)14-8-4-2-7(13)3-5-8/h2-6H,1H3,(H,14,18)(H,15,19). The van der Waals surface area contributed by atoms with Gasteiger partial charge in [0.15, 0.2) is 0 Å². The zero-order chi connectivity index (χ0) is 14.0. The van der Waals surface area contributed by atoms with Crippen LogP contribution in [0, 0.1) is 0 Å². The summed E-state index contributed by atoms with van der Waals surface area (Å²) in [6.45, 7) is 0. The molecule has 0 aliphatic heterocycles. The topological polar surface area (TPSA) is 84.0 Å². The zero-order valence-corrected chi connectivity index (χ0v) is 10.7. The van der Waals surface area contributed by atoms with Gasteiger partial charge in [-0.05, 0) is 24.3 Å². The molecule has 0 saturated heterocycles. The highest BCUT2D eigenvalue weighted by atomic mass is 35.5. The first-order valence-electron chi connectivity index (χ1n) is 5.34. The van der Waals surface area contributed by atoms with Crippen LogP contribution in [0.5, 0.6) is 0 Å². The van der Waals surface area contributed by atoms with E-state index in [1.54, 1.807) is 24.3 Å². The molecule has 0 spiro atoms. The maximum Gasteiger partial charge on any atom is 0.328 e. The van der Waals surface area contributed by atoms with Crippen LogP contribution in [0.15, 0.2) is 39.9 Å². The van der Waals surface area contributed by atoms with Crippen LogP contribution in [0.25, 0.3) is 0 Å². The Balaban J connectivity index is 2.28. The molecule has 1 amide bonds. The Hall–Kier alpha value is -2.34. The van der Waals surface area contributed by atoms with Gasteiger partial charge in [-0.2, -0.15) is 0 Å². The van der Waals surface area contributed by atoms with Crippen LogP contribution < -0.4 is 16.6 Å². The van der Waals surface area contributed by atoms with Crippen LogP contribution in [-0.2, 0) is 7.05 Å². The lowest BCUT2D eigenvalue weighted by Gasteiger charge is -2.05. The van der Waals surface area contributed by atoms with Gasteiger partial charge in [-0.15, -0.1) is 0 Å². The second-order valence-corrected chi connectivity index (χ2v) is 4.28. The predicted molar refractivity (Wildman–Crippen MR) is 71.7 cm³/mol. The number of carbonyl (C=O) groups excluding carboxylic acids is 1. The van der Waals surface area contributed by atoms with E-state index >= 15 is 0 Å². The summed E-state index contributed by atoms with van der Waals surface area (Å²) in [7, 11) is 1.32. The summed E-state index contributed by atoms with van der Waals surface area (Å²) in [5.41, 5.74) is -0.780. The largest absolute Gasteiger partial charge is 0.328 e. The van der Waals surface area contributed by atoms with Crippen molar-refractivity contribution in [3.8, 4) is 0 Å². The minimum Gasteiger partial charge on any atom is -0.321 e. The highest BCUT2D eigenvalue weighted by Crippen LogP contribution is 2.13. The molecule has 98 valence electrons. The van der Waals surface area contributed by atoms with Gasteiger partial charge in [0, 0.05) is 23.8 Å². The van der Waals surface area contributed by atoms with Gasteiger partial charge in [-0.25, -0.2) is 4.79 Å². The van der Waals surface area contributed by atoms with Crippen LogP contribution in [0.4, 0.5) is 5.69 Å². The minimum absolute atomic E-state index is 0.0944. The van der Waals surface area contributed by atoms with Crippen molar-refractivity contribution in [3.05, 3.63) is 61.9 Å². The van der Waals surface area contributed by atoms with Crippen molar-refractivity contribution in [2.24, 2.45) is 7.05 Å². The fourth-order valence-electron chi connectivity index (χ4n) is 1.41. The van der Waals surface area contributed by atoms with Crippen LogP contribution >= 0.6 is 11.6 Å². The van der Waals surface area contributed by atoms with Crippen molar-refractivity contribution in [3.63, 3.8) is 0 Å². The summed E-state index contributed by atoms with van der Waals surface area (Å²) in [5, 5.41) is 3.09. The minimum atomic E-state index is -0.645. The molecule has 1 aromatic heterocycles. The first kappa shape index (κ1) is 13.1. The number of benzene rings is 1. The molecule has 2 N–H and O–H groups in total. The molecule has 0 aliphatic rings. The molecule has 0 radical (unpaired) electrons. The molecule has 0 saturated carbocycles. The Kier molecular flexibility index (Phi) is 3.52. The van der Waals surface area contributed by atoms with Crippen LogP contribution in [0.1, 0.15) is 10.5 Å². The molecule has 0 atom stereocenters. The molecule has 2 rings (SSSR count). The fraction of sp³-hybridized carbons (Fsp3) is 0.0833. The molecule has 0 unspecified atom stereocenters. The summed E-state index contributed by atoms with van der Waals surface area (Å²) >= 11 is 5.72. The van der Waals surface area contributed by atoms with Gasteiger partial charge in [0.05, 0.1) is 0 Å². The summed E-state index contributed by atoms with van der Waals surface area (Å²) in [6, 6.07) is 7.51. The molecular formula is C12H10ClN3O3. The third-order valence-corrected chi connectivity index (χ3v) is 2.74. The summed E-state index contributed by atoms with van der Waals surface area (Å²) in [5.74, 6) is -0.572. The molecule has 6 nitrogen and oxygen atoms in total. The normalized spacial score (nSPS) is 10.2. The number of nitrogens with zero attached hydrogens (tertiary/aromatic N) is 1. The Labute approximate surface area is 112 Å². The summed E-state index contributed by atoms with van der Waals surface area (Å²) in [6.07, 6.45) is 0. The van der Waals surface area contributed by atoms with Crippen molar-refractivity contribution in [2.45, 2.75) is 0 Å². The second kappa shape index (κ2) is 5.11. The van der Waals surface area contributed by atoms with Crippen molar-refractivity contribution in [1.82, 2.24) is 9.55 Å². The lowest BCUT2D eigenvalue weighted by molar-refractivity contribution is 0.102. The van der Waals surface area contributed by atoms with Crippen molar-refractivity contribution in [1.29, 1.82) is 0 Å². The van der Waals surface area contributed by atoms with Gasteiger partial charge in [-0.3, -0.25) is 14.2 Å². The number of aromatic nitrogens is 2. The maximum atomic E-state index is 11.9. The van der Waals surface area contributed by atoms with E-state index in [0.717, 1.165) is 10.6 Å². The van der Waals surface area contributed by atoms with Gasteiger partial charge in [0.1, 0.15) is 5.69 Å². The van der Waals surface area contributed by atoms with Gasteiger partial charge in [0.2, 0.25) is 0 Å². The number of anilines is 1. The van der Waals surface area contributed by atoms with E-state index in [0.29, 0.717) is 10.7 Å². The van der Waals surface area contributed by atoms with E-state index in [1.165, 1.54) is 7.05 Å². The molecule has 0 aliphatic carbocycles. The number of hydrogen-bond donors (Lipinski definition) is 2. The van der Waals surface area contributed by atoms with Crippen molar-refractivity contribution < 1.29 is 4.79 Å². The second-order valence-electron chi connectivity index (χ2n) is 3.85. The Bertz CT molecular complexity index is 700. The highest BCUT2D eigenvalue weighted by molar-refractivity contribution is 6.30. The number of aromatic amines is 1. The van der Waals surface area contributed by atoms with Gasteiger partial charge >= 0.3 is 5.69 Å². The lowest BCUT2D eigenvalue weighted by atomic mass is 10.3. The SMILES string of the molecule is Cn1c(=O)cc(C(=O)Nc2ccc(Cl)cc2)[nH]c1=O. The van der Waals surface area contributed by atoms with E-state index in [-0.39, 0.29) is 5.69 Å². The number of rotatable bonds is 2. The Morgan fingerprint density at radius 3 is 2.47 bits per heavy atom. The summed E-state index contributed by atoms with van der Waals surface area (Å²) < 4.78 is 0.874. The van der Waals surface area contributed by atoms with Gasteiger partial charge in [-0.1, -0.05) is 11.6 Å². The smallest absolute Gasteiger partial charge is 0.321 e. The molecule has 1 aromatic carbocycles. The molecule has 0 fully saturated rings. The number of halogens is 1. The van der Waals surface area contributed by atoms with E-state index in [2.05, 4.69) is 10.3 Å². The fourth-order valence-corrected chi connectivity index (χ4v) is 1.54. The van der Waals surface area contributed by atoms with E-state index < -0.39 is 17.2 Å². The number of nitrogens with one attached hydrogen (secondary N) is 2. The quantitative estimate of drug-likeness (QED) is 0.859. The number of amides is 1. The zero-order valence-electron chi connectivity index (χ0n) is 9.94. The first-order chi connectivity index (χ1) is 8.97. The van der Waals surface area contributed by atoms with Gasteiger partial charge in [0.25, 0.3) is 11.5 Å². The van der Waals surface area contributed by atoms with Crippen molar-refractivity contribution >= 4 is 23.2 Å². The average molecular weight is 280 g/mol. The third kappa shape index (κ3) is 2.92. The van der Waals surface area contributed by atoms with Crippen molar-refractivity contribution in [2.75, 3.05) is 5.32 Å². The molecule has 19 heavy (non-hydrogen) atoms. The van der Waals surface area contributed by atoms with Crippen LogP contribution in [0.3, 0.4) is 0 Å². The number of hydrogen-bond acceptors (Lipinski definition) is 3. The summed E-state index contributed by atoms with van der Waals surface area (Å²) in [4.78, 5) is 36.9. The third-order valence-electron chi connectivity index (χ3n) is 2.49. The highest BCUT2D eigenvalue weighted by Gasteiger charge is 2.09.